The average molecular weight is 374 g/mol. The Balaban J connectivity index is 1.65. The summed E-state index contributed by atoms with van der Waals surface area (Å²) in [5, 5.41) is 3.47. The zero-order chi connectivity index (χ0) is 18.7. The van der Waals surface area contributed by atoms with Crippen LogP contribution in [0.15, 0.2) is 36.5 Å². The maximum atomic E-state index is 12.7. The number of pyridine rings is 1. The molecular formula is C20H24ClN3O2. The normalized spacial score (nSPS) is 19.9. The molecule has 1 aromatic carbocycles. The van der Waals surface area contributed by atoms with E-state index < -0.39 is 0 Å². The van der Waals surface area contributed by atoms with Gasteiger partial charge in [0.1, 0.15) is 11.6 Å². The molecule has 6 heteroatoms. The zero-order valence-electron chi connectivity index (χ0n) is 15.3. The highest BCUT2D eigenvalue weighted by molar-refractivity contribution is 6.32. The molecule has 0 bridgehead atoms. The second kappa shape index (κ2) is 7.96. The number of ether oxygens (including phenoxy) is 1. The Hall–Kier alpha value is -2.27. The van der Waals surface area contributed by atoms with Crippen molar-refractivity contribution in [3.05, 3.63) is 47.1 Å². The number of halogens is 1. The molecule has 1 aromatic heterocycles. The quantitative estimate of drug-likeness (QED) is 0.874. The van der Waals surface area contributed by atoms with E-state index in [4.69, 9.17) is 16.3 Å². The molecule has 2 unspecified atom stereocenters. The molecule has 5 nitrogen and oxygen atoms in total. The summed E-state index contributed by atoms with van der Waals surface area (Å²) in [4.78, 5) is 19.5. The lowest BCUT2D eigenvalue weighted by Crippen LogP contribution is -2.44. The molecule has 2 aromatic rings. The summed E-state index contributed by atoms with van der Waals surface area (Å²) in [5.74, 6) is 1.85. The van der Waals surface area contributed by atoms with Gasteiger partial charge in [-0.05, 0) is 49.1 Å². The highest BCUT2D eigenvalue weighted by atomic mass is 35.5. The lowest BCUT2D eigenvalue weighted by Gasteiger charge is -2.37. The van der Waals surface area contributed by atoms with E-state index in [1.54, 1.807) is 25.3 Å². The van der Waals surface area contributed by atoms with Crippen LogP contribution in [0.2, 0.25) is 5.02 Å². The second-order valence-corrected chi connectivity index (χ2v) is 7.21. The Morgan fingerprint density at radius 3 is 2.85 bits per heavy atom. The van der Waals surface area contributed by atoms with E-state index in [0.29, 0.717) is 16.5 Å². The van der Waals surface area contributed by atoms with Gasteiger partial charge in [-0.2, -0.15) is 0 Å². The molecule has 0 saturated carbocycles. The van der Waals surface area contributed by atoms with Gasteiger partial charge in [-0.3, -0.25) is 4.79 Å². The maximum Gasteiger partial charge on any atom is 0.227 e. The average Bonchev–Trinajstić information content (AvgIpc) is 2.62. The number of nitrogens with one attached hydrogen (secondary N) is 1. The summed E-state index contributed by atoms with van der Waals surface area (Å²) in [6, 6.07) is 9.30. The maximum absolute atomic E-state index is 12.7. The Morgan fingerprint density at radius 1 is 1.38 bits per heavy atom. The van der Waals surface area contributed by atoms with Crippen molar-refractivity contribution in [2.45, 2.75) is 20.3 Å². The van der Waals surface area contributed by atoms with Gasteiger partial charge >= 0.3 is 0 Å². The molecule has 1 saturated heterocycles. The molecule has 26 heavy (non-hydrogen) atoms. The SMILES string of the molecule is COc1ccc(NC(=O)C2CCN(c3ncccc3C)CC2C)cc1Cl. The number of rotatable bonds is 4. The van der Waals surface area contributed by atoms with Crippen LogP contribution in [-0.4, -0.2) is 31.1 Å². The van der Waals surface area contributed by atoms with E-state index >= 15 is 0 Å². The van der Waals surface area contributed by atoms with Gasteiger partial charge in [0.15, 0.2) is 0 Å². The van der Waals surface area contributed by atoms with Gasteiger partial charge in [0.05, 0.1) is 12.1 Å². The highest BCUT2D eigenvalue weighted by Crippen LogP contribution is 2.31. The first-order valence-corrected chi connectivity index (χ1v) is 9.18. The Bertz CT molecular complexity index is 796. The molecule has 1 amide bonds. The van der Waals surface area contributed by atoms with Gasteiger partial charge in [-0.15, -0.1) is 0 Å². The van der Waals surface area contributed by atoms with Gasteiger partial charge in [-0.25, -0.2) is 4.98 Å². The number of carbonyl (C=O) groups excluding carboxylic acids is 1. The molecule has 0 radical (unpaired) electrons. The Kier molecular flexibility index (Phi) is 5.67. The van der Waals surface area contributed by atoms with E-state index in [1.807, 2.05) is 12.3 Å². The number of anilines is 2. The van der Waals surface area contributed by atoms with Crippen LogP contribution in [-0.2, 0) is 4.79 Å². The minimum absolute atomic E-state index is 0.0313. The summed E-state index contributed by atoms with van der Waals surface area (Å²) in [5.41, 5.74) is 1.85. The molecule has 1 aliphatic rings. The highest BCUT2D eigenvalue weighted by Gasteiger charge is 2.32. The number of amides is 1. The summed E-state index contributed by atoms with van der Waals surface area (Å²) in [6.45, 7) is 5.83. The topological polar surface area (TPSA) is 54.5 Å². The lowest BCUT2D eigenvalue weighted by molar-refractivity contribution is -0.121. The molecule has 1 aliphatic heterocycles. The van der Waals surface area contributed by atoms with Crippen molar-refractivity contribution >= 4 is 29.0 Å². The minimum Gasteiger partial charge on any atom is -0.495 e. The number of benzene rings is 1. The monoisotopic (exact) mass is 373 g/mol. The lowest BCUT2D eigenvalue weighted by atomic mass is 9.86. The number of methoxy groups -OCH3 is 1. The number of piperidine rings is 1. The van der Waals surface area contributed by atoms with Crippen LogP contribution in [0.25, 0.3) is 0 Å². The molecule has 3 rings (SSSR count). The Labute approximate surface area is 159 Å². The van der Waals surface area contributed by atoms with Crippen LogP contribution in [0.5, 0.6) is 5.75 Å². The van der Waals surface area contributed by atoms with Crippen molar-refractivity contribution in [3.63, 3.8) is 0 Å². The number of aromatic nitrogens is 1. The van der Waals surface area contributed by atoms with Crippen molar-refractivity contribution in [3.8, 4) is 5.75 Å². The molecule has 1 fully saturated rings. The van der Waals surface area contributed by atoms with Gasteiger partial charge in [0.25, 0.3) is 0 Å². The van der Waals surface area contributed by atoms with Crippen LogP contribution in [0.4, 0.5) is 11.5 Å². The molecule has 2 heterocycles. The van der Waals surface area contributed by atoms with Crippen molar-refractivity contribution < 1.29 is 9.53 Å². The first kappa shape index (κ1) is 18.5. The van der Waals surface area contributed by atoms with E-state index in [1.165, 1.54) is 0 Å². The third kappa shape index (κ3) is 3.93. The number of aryl methyl sites for hydroxylation is 1. The van der Waals surface area contributed by atoms with Gasteiger partial charge < -0.3 is 15.0 Å². The summed E-state index contributed by atoms with van der Waals surface area (Å²) in [6.07, 6.45) is 2.62. The number of carbonyl (C=O) groups is 1. The smallest absolute Gasteiger partial charge is 0.227 e. The second-order valence-electron chi connectivity index (χ2n) is 6.80. The molecule has 2 atom stereocenters. The number of nitrogens with zero attached hydrogens (tertiary/aromatic N) is 2. The number of hydrogen-bond donors (Lipinski definition) is 1. The van der Waals surface area contributed by atoms with Crippen LogP contribution in [0.3, 0.4) is 0 Å². The van der Waals surface area contributed by atoms with Crippen LogP contribution < -0.4 is 15.0 Å². The standard InChI is InChI=1S/C20H24ClN3O2/c1-13-5-4-9-22-19(13)24-10-8-16(14(2)12-24)20(25)23-15-6-7-18(26-3)17(21)11-15/h4-7,9,11,14,16H,8,10,12H2,1-3H3,(H,23,25). The fourth-order valence-electron chi connectivity index (χ4n) is 3.51. The predicted molar refractivity (Wildman–Crippen MR) is 105 cm³/mol. The summed E-state index contributed by atoms with van der Waals surface area (Å²) >= 11 is 6.14. The van der Waals surface area contributed by atoms with E-state index in [-0.39, 0.29) is 17.7 Å². The van der Waals surface area contributed by atoms with Gasteiger partial charge in [-0.1, -0.05) is 24.6 Å². The molecular weight excluding hydrogens is 350 g/mol. The largest absolute Gasteiger partial charge is 0.495 e. The minimum atomic E-state index is -0.0313. The molecule has 0 aliphatic carbocycles. The van der Waals surface area contributed by atoms with Crippen molar-refractivity contribution in [2.24, 2.45) is 11.8 Å². The van der Waals surface area contributed by atoms with E-state index in [2.05, 4.69) is 35.1 Å². The fourth-order valence-corrected chi connectivity index (χ4v) is 3.77. The van der Waals surface area contributed by atoms with Gasteiger partial charge in [0, 0.05) is 30.9 Å². The first-order valence-electron chi connectivity index (χ1n) is 8.80. The first-order chi connectivity index (χ1) is 12.5. The van der Waals surface area contributed by atoms with Crippen LogP contribution in [0.1, 0.15) is 18.9 Å². The van der Waals surface area contributed by atoms with Crippen molar-refractivity contribution in [2.75, 3.05) is 30.4 Å². The third-order valence-corrected chi connectivity index (χ3v) is 5.24. The van der Waals surface area contributed by atoms with Crippen molar-refractivity contribution in [1.29, 1.82) is 0 Å². The Morgan fingerprint density at radius 2 is 2.19 bits per heavy atom. The predicted octanol–water partition coefficient (Wildman–Crippen LogP) is 4.15. The van der Waals surface area contributed by atoms with E-state index in [0.717, 1.165) is 30.9 Å². The van der Waals surface area contributed by atoms with Crippen molar-refractivity contribution in [1.82, 2.24) is 4.98 Å². The third-order valence-electron chi connectivity index (χ3n) is 4.94. The summed E-state index contributed by atoms with van der Waals surface area (Å²) < 4.78 is 5.15. The van der Waals surface area contributed by atoms with Crippen LogP contribution in [0, 0.1) is 18.8 Å². The van der Waals surface area contributed by atoms with Gasteiger partial charge in [0.2, 0.25) is 5.91 Å². The molecule has 0 spiro atoms. The van der Waals surface area contributed by atoms with Crippen LogP contribution >= 0.6 is 11.6 Å². The molecule has 138 valence electrons. The molecule has 1 N–H and O–H groups in total. The van der Waals surface area contributed by atoms with E-state index in [9.17, 15) is 4.79 Å². The summed E-state index contributed by atoms with van der Waals surface area (Å²) in [7, 11) is 1.57. The fraction of sp³-hybridized carbons (Fsp3) is 0.400. The number of hydrogen-bond acceptors (Lipinski definition) is 4. The zero-order valence-corrected chi connectivity index (χ0v) is 16.1.